The van der Waals surface area contributed by atoms with Crippen molar-refractivity contribution in [2.24, 2.45) is 4.99 Å². The topological polar surface area (TPSA) is 52.6 Å². The number of anilines is 1. The molecule has 19 heavy (non-hydrogen) atoms. The maximum atomic E-state index is 4.58. The second-order valence-electron chi connectivity index (χ2n) is 5.00. The molecule has 2 N–H and O–H groups in total. The number of nitrogens with zero attached hydrogens (tertiary/aromatic N) is 3. The van der Waals surface area contributed by atoms with Gasteiger partial charge in [0.25, 0.3) is 0 Å². The largest absolute Gasteiger partial charge is 0.363 e. The SMILES string of the molecule is CCNC(=NCc1cccc(N(C)C)n1)NC1CC1. The van der Waals surface area contributed by atoms with Crippen LogP contribution in [0.15, 0.2) is 23.2 Å². The van der Waals surface area contributed by atoms with E-state index < -0.39 is 0 Å². The molecule has 2 rings (SSSR count). The molecule has 0 radical (unpaired) electrons. The number of hydrogen-bond donors (Lipinski definition) is 2. The van der Waals surface area contributed by atoms with Gasteiger partial charge in [0.05, 0.1) is 12.2 Å². The lowest BCUT2D eigenvalue weighted by Gasteiger charge is -2.12. The Bertz CT molecular complexity index is 437. The molecule has 0 unspecified atom stereocenters. The van der Waals surface area contributed by atoms with Crippen molar-refractivity contribution in [2.45, 2.75) is 32.4 Å². The predicted octanol–water partition coefficient (Wildman–Crippen LogP) is 1.37. The van der Waals surface area contributed by atoms with Crippen LogP contribution in [0.5, 0.6) is 0 Å². The first kappa shape index (κ1) is 13.6. The number of rotatable bonds is 5. The van der Waals surface area contributed by atoms with E-state index in [1.807, 2.05) is 37.2 Å². The predicted molar refractivity (Wildman–Crippen MR) is 79.5 cm³/mol. The van der Waals surface area contributed by atoms with Gasteiger partial charge in [0.1, 0.15) is 5.82 Å². The van der Waals surface area contributed by atoms with E-state index in [4.69, 9.17) is 0 Å². The maximum Gasteiger partial charge on any atom is 0.191 e. The summed E-state index contributed by atoms with van der Waals surface area (Å²) in [4.78, 5) is 11.1. The van der Waals surface area contributed by atoms with Gasteiger partial charge in [-0.3, -0.25) is 0 Å². The zero-order valence-corrected chi connectivity index (χ0v) is 12.0. The van der Waals surface area contributed by atoms with Crippen LogP contribution in [0.1, 0.15) is 25.5 Å². The van der Waals surface area contributed by atoms with E-state index in [1.54, 1.807) is 0 Å². The van der Waals surface area contributed by atoms with Gasteiger partial charge in [-0.1, -0.05) is 6.07 Å². The maximum absolute atomic E-state index is 4.58. The van der Waals surface area contributed by atoms with Crippen molar-refractivity contribution in [1.82, 2.24) is 15.6 Å². The molecule has 5 nitrogen and oxygen atoms in total. The first-order valence-corrected chi connectivity index (χ1v) is 6.87. The molecular formula is C14H23N5. The van der Waals surface area contributed by atoms with Crippen molar-refractivity contribution in [3.63, 3.8) is 0 Å². The van der Waals surface area contributed by atoms with E-state index in [1.165, 1.54) is 12.8 Å². The summed E-state index contributed by atoms with van der Waals surface area (Å²) in [5.41, 5.74) is 0.985. The van der Waals surface area contributed by atoms with Crippen LogP contribution < -0.4 is 15.5 Å². The molecule has 0 amide bonds. The molecule has 1 aromatic rings. The molecule has 0 bridgehead atoms. The van der Waals surface area contributed by atoms with Gasteiger partial charge in [-0.2, -0.15) is 0 Å². The summed E-state index contributed by atoms with van der Waals surface area (Å²) < 4.78 is 0. The summed E-state index contributed by atoms with van der Waals surface area (Å²) in [6.07, 6.45) is 2.50. The summed E-state index contributed by atoms with van der Waals surface area (Å²) in [6.45, 7) is 3.56. The third kappa shape index (κ3) is 4.43. The lowest BCUT2D eigenvalue weighted by Crippen LogP contribution is -2.38. The normalized spacial score (nSPS) is 15.2. The molecule has 1 aliphatic rings. The van der Waals surface area contributed by atoms with Gasteiger partial charge in [-0.05, 0) is 31.9 Å². The minimum Gasteiger partial charge on any atom is -0.363 e. The van der Waals surface area contributed by atoms with Gasteiger partial charge in [-0.25, -0.2) is 9.98 Å². The minimum atomic E-state index is 0.601. The molecule has 1 fully saturated rings. The highest BCUT2D eigenvalue weighted by Gasteiger charge is 2.21. The Kier molecular flexibility index (Phi) is 4.60. The fraction of sp³-hybridized carbons (Fsp3) is 0.571. The summed E-state index contributed by atoms with van der Waals surface area (Å²) in [6, 6.07) is 6.64. The molecule has 0 aromatic carbocycles. The zero-order valence-electron chi connectivity index (χ0n) is 12.0. The molecular weight excluding hydrogens is 238 g/mol. The molecule has 5 heteroatoms. The average Bonchev–Trinajstić information content (AvgIpc) is 3.20. The highest BCUT2D eigenvalue weighted by Crippen LogP contribution is 2.18. The molecule has 0 atom stereocenters. The summed E-state index contributed by atoms with van der Waals surface area (Å²) >= 11 is 0. The second-order valence-corrected chi connectivity index (χ2v) is 5.00. The van der Waals surface area contributed by atoms with Crippen LogP contribution in [0.2, 0.25) is 0 Å². The second kappa shape index (κ2) is 6.41. The minimum absolute atomic E-state index is 0.601. The Morgan fingerprint density at radius 2 is 2.21 bits per heavy atom. The van der Waals surface area contributed by atoms with Crippen molar-refractivity contribution < 1.29 is 0 Å². The van der Waals surface area contributed by atoms with Crippen molar-refractivity contribution in [3.05, 3.63) is 23.9 Å². The van der Waals surface area contributed by atoms with E-state index >= 15 is 0 Å². The Labute approximate surface area is 115 Å². The van der Waals surface area contributed by atoms with Crippen LogP contribution >= 0.6 is 0 Å². The number of hydrogen-bond acceptors (Lipinski definition) is 3. The van der Waals surface area contributed by atoms with Crippen molar-refractivity contribution in [2.75, 3.05) is 25.5 Å². The van der Waals surface area contributed by atoms with Crippen LogP contribution in [-0.2, 0) is 6.54 Å². The van der Waals surface area contributed by atoms with E-state index in [0.717, 1.165) is 24.0 Å². The fourth-order valence-corrected chi connectivity index (χ4v) is 1.71. The number of pyridine rings is 1. The quantitative estimate of drug-likeness (QED) is 0.621. The van der Waals surface area contributed by atoms with Crippen LogP contribution in [0.25, 0.3) is 0 Å². The smallest absolute Gasteiger partial charge is 0.191 e. The molecule has 1 saturated carbocycles. The lowest BCUT2D eigenvalue weighted by molar-refractivity contribution is 0.808. The number of aliphatic imine (C=N–C) groups is 1. The van der Waals surface area contributed by atoms with Gasteiger partial charge in [-0.15, -0.1) is 0 Å². The fourth-order valence-electron chi connectivity index (χ4n) is 1.71. The van der Waals surface area contributed by atoms with Gasteiger partial charge in [0.15, 0.2) is 5.96 Å². The molecule has 0 aliphatic heterocycles. The van der Waals surface area contributed by atoms with Crippen molar-refractivity contribution >= 4 is 11.8 Å². The Morgan fingerprint density at radius 1 is 1.42 bits per heavy atom. The van der Waals surface area contributed by atoms with E-state index in [-0.39, 0.29) is 0 Å². The molecule has 0 spiro atoms. The van der Waals surface area contributed by atoms with E-state index in [2.05, 4.69) is 27.5 Å². The first-order chi connectivity index (χ1) is 9.19. The first-order valence-electron chi connectivity index (χ1n) is 6.87. The molecule has 1 aromatic heterocycles. The molecule has 0 saturated heterocycles. The Balaban J connectivity index is 1.99. The van der Waals surface area contributed by atoms with Gasteiger partial charge < -0.3 is 15.5 Å². The van der Waals surface area contributed by atoms with E-state index in [0.29, 0.717) is 12.6 Å². The van der Waals surface area contributed by atoms with Crippen molar-refractivity contribution in [1.29, 1.82) is 0 Å². The van der Waals surface area contributed by atoms with Crippen LogP contribution in [0, 0.1) is 0 Å². The molecule has 1 heterocycles. The lowest BCUT2D eigenvalue weighted by atomic mass is 10.3. The standard InChI is InChI=1S/C14H23N5/c1-4-15-14(18-11-8-9-11)16-10-12-6-5-7-13(17-12)19(2)3/h5-7,11H,4,8-10H2,1-3H3,(H2,15,16,18). The van der Waals surface area contributed by atoms with E-state index in [9.17, 15) is 0 Å². The highest BCUT2D eigenvalue weighted by atomic mass is 15.2. The van der Waals surface area contributed by atoms with Crippen LogP contribution in [0.3, 0.4) is 0 Å². The van der Waals surface area contributed by atoms with Crippen LogP contribution in [-0.4, -0.2) is 37.6 Å². The molecule has 1 aliphatic carbocycles. The van der Waals surface area contributed by atoms with Gasteiger partial charge >= 0.3 is 0 Å². The molecule has 104 valence electrons. The van der Waals surface area contributed by atoms with Crippen LogP contribution in [0.4, 0.5) is 5.82 Å². The van der Waals surface area contributed by atoms with Gasteiger partial charge in [0.2, 0.25) is 0 Å². The number of nitrogens with one attached hydrogen (secondary N) is 2. The monoisotopic (exact) mass is 261 g/mol. The highest BCUT2D eigenvalue weighted by molar-refractivity contribution is 5.80. The summed E-state index contributed by atoms with van der Waals surface area (Å²) in [5, 5.41) is 6.66. The third-order valence-corrected chi connectivity index (χ3v) is 2.91. The van der Waals surface area contributed by atoms with Crippen molar-refractivity contribution in [3.8, 4) is 0 Å². The third-order valence-electron chi connectivity index (χ3n) is 2.91. The zero-order chi connectivity index (χ0) is 13.7. The number of aromatic nitrogens is 1. The average molecular weight is 261 g/mol. The Morgan fingerprint density at radius 3 is 2.84 bits per heavy atom. The Hall–Kier alpha value is -1.78. The van der Waals surface area contributed by atoms with Gasteiger partial charge in [0, 0.05) is 26.7 Å². The summed E-state index contributed by atoms with van der Waals surface area (Å²) in [5.74, 6) is 1.86. The number of guanidine groups is 1. The summed E-state index contributed by atoms with van der Waals surface area (Å²) in [7, 11) is 3.99.